The van der Waals surface area contributed by atoms with Gasteiger partial charge in [-0.2, -0.15) is 0 Å². The van der Waals surface area contributed by atoms with Crippen molar-refractivity contribution in [1.29, 1.82) is 0 Å². The maximum absolute atomic E-state index is 12.3. The second-order valence-corrected chi connectivity index (χ2v) is 5.97. The number of fused-ring (bicyclic) bond motifs is 1. The van der Waals surface area contributed by atoms with Crippen LogP contribution in [0.3, 0.4) is 0 Å². The fraction of sp³-hybridized carbons (Fsp3) is 0.263. The number of aromatic nitrogens is 2. The molecular weight excluding hydrogens is 300 g/mol. The minimum Gasteiger partial charge on any atom is -0.381 e. The number of amides is 1. The molecule has 3 rings (SSSR count). The number of aromatic amines is 1. The number of carbonyl (C=O) groups excluding carboxylic acids is 1. The van der Waals surface area contributed by atoms with Crippen LogP contribution < -0.4 is 10.6 Å². The van der Waals surface area contributed by atoms with Crippen LogP contribution in [0.15, 0.2) is 48.8 Å². The third-order valence-electron chi connectivity index (χ3n) is 4.08. The van der Waals surface area contributed by atoms with Crippen LogP contribution in [0.2, 0.25) is 0 Å². The average Bonchev–Trinajstić information content (AvgIpc) is 2.99. The van der Waals surface area contributed by atoms with E-state index in [4.69, 9.17) is 0 Å². The summed E-state index contributed by atoms with van der Waals surface area (Å²) in [6.45, 7) is 4.25. The Bertz CT molecular complexity index is 823. The molecule has 0 aliphatic carbocycles. The number of benzene rings is 1. The van der Waals surface area contributed by atoms with Gasteiger partial charge in [0.25, 0.3) is 0 Å². The molecule has 1 atom stereocenters. The largest absolute Gasteiger partial charge is 0.381 e. The van der Waals surface area contributed by atoms with E-state index in [2.05, 4.69) is 34.4 Å². The number of hydrogen-bond donors (Lipinski definition) is 3. The minimum atomic E-state index is -0.0742. The second kappa shape index (κ2) is 7.17. The Morgan fingerprint density at radius 3 is 2.83 bits per heavy atom. The quantitative estimate of drug-likeness (QED) is 0.643. The van der Waals surface area contributed by atoms with E-state index in [9.17, 15) is 4.79 Å². The summed E-state index contributed by atoms with van der Waals surface area (Å²) in [5, 5.41) is 7.27. The van der Waals surface area contributed by atoms with Gasteiger partial charge in [-0.1, -0.05) is 25.1 Å². The maximum Gasteiger partial charge on any atom is 0.230 e. The van der Waals surface area contributed by atoms with E-state index in [1.165, 1.54) is 0 Å². The highest BCUT2D eigenvalue weighted by atomic mass is 16.1. The van der Waals surface area contributed by atoms with Crippen LogP contribution in [-0.2, 0) is 11.2 Å². The Morgan fingerprint density at radius 1 is 1.25 bits per heavy atom. The van der Waals surface area contributed by atoms with Gasteiger partial charge in [0.05, 0.1) is 18.3 Å². The molecule has 0 spiro atoms. The summed E-state index contributed by atoms with van der Waals surface area (Å²) in [6.07, 6.45) is 4.99. The number of H-pyrrole nitrogens is 1. The standard InChI is InChI=1S/C19H22N4O/c1-3-13(2)22-15-8-9-18(21-12-15)23-19(24)10-14-11-20-17-7-5-4-6-16(14)17/h4-9,11-13,20,22H,3,10H2,1-2H3,(H,21,23,24). The zero-order chi connectivity index (χ0) is 16.9. The summed E-state index contributed by atoms with van der Waals surface area (Å²) in [5.41, 5.74) is 2.98. The molecule has 5 heteroatoms. The van der Waals surface area contributed by atoms with Crippen LogP contribution in [0.5, 0.6) is 0 Å². The number of carbonyl (C=O) groups is 1. The van der Waals surface area contributed by atoms with Crippen LogP contribution in [0.1, 0.15) is 25.8 Å². The van der Waals surface area contributed by atoms with Crippen LogP contribution in [0.4, 0.5) is 11.5 Å². The fourth-order valence-electron chi connectivity index (χ4n) is 2.58. The van der Waals surface area contributed by atoms with E-state index < -0.39 is 0 Å². The number of rotatable bonds is 6. The number of anilines is 2. The van der Waals surface area contributed by atoms with Gasteiger partial charge in [-0.25, -0.2) is 4.98 Å². The predicted molar refractivity (Wildman–Crippen MR) is 98.2 cm³/mol. The molecule has 0 fully saturated rings. The predicted octanol–water partition coefficient (Wildman–Crippen LogP) is 3.95. The molecule has 0 saturated heterocycles. The first-order chi connectivity index (χ1) is 11.7. The molecule has 0 saturated carbocycles. The molecule has 5 nitrogen and oxygen atoms in total. The zero-order valence-corrected chi connectivity index (χ0v) is 14.0. The minimum absolute atomic E-state index is 0.0742. The highest BCUT2D eigenvalue weighted by molar-refractivity contribution is 5.95. The molecule has 1 aromatic carbocycles. The van der Waals surface area contributed by atoms with Crippen molar-refractivity contribution in [3.05, 3.63) is 54.4 Å². The van der Waals surface area contributed by atoms with Gasteiger partial charge in [0.1, 0.15) is 5.82 Å². The van der Waals surface area contributed by atoms with Gasteiger partial charge in [0, 0.05) is 23.1 Å². The number of hydrogen-bond acceptors (Lipinski definition) is 3. The normalized spacial score (nSPS) is 12.1. The van der Waals surface area contributed by atoms with E-state index in [1.54, 1.807) is 6.20 Å². The molecule has 0 aliphatic rings. The van der Waals surface area contributed by atoms with E-state index in [1.807, 2.05) is 42.6 Å². The van der Waals surface area contributed by atoms with Gasteiger partial charge in [-0.3, -0.25) is 4.79 Å². The Hall–Kier alpha value is -2.82. The molecule has 0 radical (unpaired) electrons. The fourth-order valence-corrected chi connectivity index (χ4v) is 2.58. The van der Waals surface area contributed by atoms with Crippen LogP contribution >= 0.6 is 0 Å². The number of pyridine rings is 1. The first-order valence-corrected chi connectivity index (χ1v) is 8.23. The number of nitrogens with zero attached hydrogens (tertiary/aromatic N) is 1. The lowest BCUT2D eigenvalue weighted by atomic mass is 10.1. The molecule has 24 heavy (non-hydrogen) atoms. The monoisotopic (exact) mass is 322 g/mol. The molecule has 3 N–H and O–H groups in total. The molecule has 124 valence electrons. The Morgan fingerprint density at radius 2 is 2.08 bits per heavy atom. The molecule has 3 aromatic rings. The van der Waals surface area contributed by atoms with Crippen LogP contribution in [0, 0.1) is 0 Å². The molecule has 0 bridgehead atoms. The summed E-state index contributed by atoms with van der Waals surface area (Å²) in [7, 11) is 0. The molecule has 1 unspecified atom stereocenters. The second-order valence-electron chi connectivity index (χ2n) is 5.97. The van der Waals surface area contributed by atoms with Crippen molar-refractivity contribution < 1.29 is 4.79 Å². The first-order valence-electron chi connectivity index (χ1n) is 8.23. The lowest BCUT2D eigenvalue weighted by Crippen LogP contribution is -2.16. The van der Waals surface area contributed by atoms with Crippen molar-refractivity contribution in [2.75, 3.05) is 10.6 Å². The van der Waals surface area contributed by atoms with Gasteiger partial charge in [0.15, 0.2) is 0 Å². The highest BCUT2D eigenvalue weighted by Gasteiger charge is 2.09. The molecule has 2 heterocycles. The Balaban J connectivity index is 1.62. The van der Waals surface area contributed by atoms with Crippen LogP contribution in [0.25, 0.3) is 10.9 Å². The van der Waals surface area contributed by atoms with Gasteiger partial charge in [0.2, 0.25) is 5.91 Å². The van der Waals surface area contributed by atoms with Crippen molar-refractivity contribution in [3.8, 4) is 0 Å². The van der Waals surface area contributed by atoms with Crippen molar-refractivity contribution in [2.45, 2.75) is 32.7 Å². The van der Waals surface area contributed by atoms with E-state index in [-0.39, 0.29) is 5.91 Å². The molecule has 1 amide bonds. The smallest absolute Gasteiger partial charge is 0.230 e. The molecular formula is C19H22N4O. The van der Waals surface area contributed by atoms with Gasteiger partial charge >= 0.3 is 0 Å². The zero-order valence-electron chi connectivity index (χ0n) is 14.0. The van der Waals surface area contributed by atoms with Crippen molar-refractivity contribution in [3.63, 3.8) is 0 Å². The van der Waals surface area contributed by atoms with Crippen molar-refractivity contribution in [1.82, 2.24) is 9.97 Å². The Labute approximate surface area is 141 Å². The maximum atomic E-state index is 12.3. The van der Waals surface area contributed by atoms with Gasteiger partial charge in [-0.15, -0.1) is 0 Å². The third-order valence-corrected chi connectivity index (χ3v) is 4.08. The van der Waals surface area contributed by atoms with Gasteiger partial charge < -0.3 is 15.6 Å². The number of para-hydroxylation sites is 1. The topological polar surface area (TPSA) is 69.8 Å². The van der Waals surface area contributed by atoms with E-state index >= 15 is 0 Å². The average molecular weight is 322 g/mol. The van der Waals surface area contributed by atoms with Crippen LogP contribution in [-0.4, -0.2) is 21.9 Å². The summed E-state index contributed by atoms with van der Waals surface area (Å²) in [5.74, 6) is 0.490. The summed E-state index contributed by atoms with van der Waals surface area (Å²) < 4.78 is 0. The lowest BCUT2D eigenvalue weighted by Gasteiger charge is -2.12. The lowest BCUT2D eigenvalue weighted by molar-refractivity contribution is -0.115. The summed E-state index contributed by atoms with van der Waals surface area (Å²) >= 11 is 0. The number of nitrogens with one attached hydrogen (secondary N) is 3. The third kappa shape index (κ3) is 3.74. The Kier molecular flexibility index (Phi) is 4.79. The summed E-state index contributed by atoms with van der Waals surface area (Å²) in [6, 6.07) is 12.1. The highest BCUT2D eigenvalue weighted by Crippen LogP contribution is 2.18. The SMILES string of the molecule is CCC(C)Nc1ccc(NC(=O)Cc2c[nH]c3ccccc23)nc1. The first kappa shape index (κ1) is 16.1. The van der Waals surface area contributed by atoms with Crippen molar-refractivity contribution >= 4 is 28.3 Å². The molecule has 0 aliphatic heterocycles. The summed E-state index contributed by atoms with van der Waals surface area (Å²) in [4.78, 5) is 19.7. The van der Waals surface area contributed by atoms with E-state index in [0.717, 1.165) is 28.6 Å². The van der Waals surface area contributed by atoms with Gasteiger partial charge in [-0.05, 0) is 37.1 Å². The molecule has 2 aromatic heterocycles. The van der Waals surface area contributed by atoms with Crippen molar-refractivity contribution in [2.24, 2.45) is 0 Å². The van der Waals surface area contributed by atoms with E-state index in [0.29, 0.717) is 18.3 Å².